The molecule has 0 bridgehead atoms. The van der Waals surface area contributed by atoms with E-state index in [1.807, 2.05) is 30.3 Å². The van der Waals surface area contributed by atoms with Gasteiger partial charge in [-0.15, -0.1) is 0 Å². The molecule has 3 aromatic carbocycles. The Morgan fingerprint density at radius 3 is 2.53 bits per heavy atom. The highest BCUT2D eigenvalue weighted by atomic mass is 79.9. The molecule has 0 aliphatic carbocycles. The molecular formula is C28H25Br2NO5. The fourth-order valence-corrected chi connectivity index (χ4v) is 4.93. The number of fused-ring (bicyclic) bond motifs is 5. The highest BCUT2D eigenvalue weighted by Gasteiger charge is 2.28. The number of halogens is 2. The minimum atomic E-state index is 0. The summed E-state index contributed by atoms with van der Waals surface area (Å²) < 4.78 is 32.3. The summed E-state index contributed by atoms with van der Waals surface area (Å²) in [5.74, 6) is 3.98. The van der Waals surface area contributed by atoms with Crippen LogP contribution >= 0.6 is 15.9 Å². The van der Waals surface area contributed by atoms with E-state index in [0.29, 0.717) is 13.2 Å². The van der Waals surface area contributed by atoms with Gasteiger partial charge in [-0.1, -0.05) is 15.9 Å². The maximum absolute atomic E-state index is 6.26. The molecule has 6 rings (SSSR count). The van der Waals surface area contributed by atoms with Gasteiger partial charge < -0.3 is 40.7 Å². The van der Waals surface area contributed by atoms with Gasteiger partial charge in [-0.25, -0.2) is 0 Å². The monoisotopic (exact) mass is 613 g/mol. The Morgan fingerprint density at radius 1 is 0.944 bits per heavy atom. The van der Waals surface area contributed by atoms with Crippen molar-refractivity contribution >= 4 is 26.7 Å². The molecule has 186 valence electrons. The highest BCUT2D eigenvalue weighted by molar-refractivity contribution is 9.10. The van der Waals surface area contributed by atoms with E-state index < -0.39 is 0 Å². The summed E-state index contributed by atoms with van der Waals surface area (Å²) >= 11 is 3.44. The molecule has 36 heavy (non-hydrogen) atoms. The Bertz CT molecular complexity index is 1410. The first kappa shape index (κ1) is 24.7. The van der Waals surface area contributed by atoms with Gasteiger partial charge in [0.25, 0.3) is 0 Å². The largest absolute Gasteiger partial charge is 1.00 e. The third kappa shape index (κ3) is 4.72. The smallest absolute Gasteiger partial charge is 0.231 e. The van der Waals surface area contributed by atoms with E-state index in [2.05, 4.69) is 51.0 Å². The van der Waals surface area contributed by atoms with Gasteiger partial charge in [-0.3, -0.25) is 0 Å². The number of hydrogen-bond donors (Lipinski definition) is 0. The van der Waals surface area contributed by atoms with Crippen LogP contribution in [0.2, 0.25) is 0 Å². The number of nitrogens with zero attached hydrogens (tertiary/aromatic N) is 1. The number of aromatic nitrogens is 1. The molecular weight excluding hydrogens is 590 g/mol. The molecule has 0 amide bonds. The van der Waals surface area contributed by atoms with Gasteiger partial charge in [0.1, 0.15) is 5.75 Å². The fraction of sp³-hybridized carbons (Fsp3) is 0.250. The summed E-state index contributed by atoms with van der Waals surface area (Å²) in [4.78, 5) is 0. The van der Waals surface area contributed by atoms with Crippen molar-refractivity contribution in [3.05, 3.63) is 70.8 Å². The van der Waals surface area contributed by atoms with Crippen LogP contribution in [-0.2, 0) is 13.0 Å². The number of benzene rings is 3. The third-order valence-electron chi connectivity index (χ3n) is 6.41. The molecule has 4 aromatic rings. The number of pyridine rings is 1. The third-order valence-corrected chi connectivity index (χ3v) is 6.94. The van der Waals surface area contributed by atoms with Crippen LogP contribution in [0, 0.1) is 0 Å². The normalized spacial score (nSPS) is 12.9. The molecule has 2 aliphatic heterocycles. The van der Waals surface area contributed by atoms with E-state index in [1.165, 1.54) is 11.1 Å². The van der Waals surface area contributed by atoms with Gasteiger partial charge in [0.05, 0.1) is 31.3 Å². The van der Waals surface area contributed by atoms with Crippen molar-refractivity contribution in [2.75, 3.05) is 27.1 Å². The van der Waals surface area contributed by atoms with Gasteiger partial charge in [0.2, 0.25) is 12.5 Å². The van der Waals surface area contributed by atoms with E-state index in [9.17, 15) is 0 Å². The van der Waals surface area contributed by atoms with Crippen molar-refractivity contribution < 1.29 is 45.2 Å². The Balaban J connectivity index is 0.00000267. The second-order valence-corrected chi connectivity index (χ2v) is 9.48. The zero-order chi connectivity index (χ0) is 23.8. The number of hydrogen-bond acceptors (Lipinski definition) is 5. The highest BCUT2D eigenvalue weighted by Crippen LogP contribution is 2.41. The molecule has 0 unspecified atom stereocenters. The second kappa shape index (κ2) is 10.6. The SMILES string of the molecule is COc1ccc2cc3[n+](cc2c1OCCCOc1ccc(Br)cc1)CCc1cc2c(cc1-3)OCO2.[Br-]. The molecule has 0 N–H and O–H groups in total. The first-order chi connectivity index (χ1) is 17.2. The lowest BCUT2D eigenvalue weighted by Crippen LogP contribution is -3.00. The van der Waals surface area contributed by atoms with Crippen LogP contribution in [0.4, 0.5) is 0 Å². The maximum atomic E-state index is 6.26. The van der Waals surface area contributed by atoms with E-state index in [0.717, 1.165) is 69.1 Å². The van der Waals surface area contributed by atoms with Crippen LogP contribution in [0.3, 0.4) is 0 Å². The van der Waals surface area contributed by atoms with Crippen LogP contribution < -0.4 is 45.2 Å². The van der Waals surface area contributed by atoms with Gasteiger partial charge in [0, 0.05) is 23.4 Å². The molecule has 0 saturated carbocycles. The zero-order valence-electron chi connectivity index (χ0n) is 19.8. The summed E-state index contributed by atoms with van der Waals surface area (Å²) in [6.45, 7) is 2.27. The Kier molecular flexibility index (Phi) is 7.25. The average Bonchev–Trinajstić information content (AvgIpc) is 3.34. The number of methoxy groups -OCH3 is 1. The van der Waals surface area contributed by atoms with Crippen LogP contribution in [0.25, 0.3) is 22.0 Å². The van der Waals surface area contributed by atoms with Crippen molar-refractivity contribution in [3.8, 4) is 40.0 Å². The maximum Gasteiger partial charge on any atom is 0.231 e. The van der Waals surface area contributed by atoms with Crippen LogP contribution in [0.1, 0.15) is 12.0 Å². The van der Waals surface area contributed by atoms with Crippen molar-refractivity contribution in [1.82, 2.24) is 0 Å². The van der Waals surface area contributed by atoms with Gasteiger partial charge in [-0.2, -0.15) is 4.57 Å². The standard InChI is InChI=1S/C28H25BrNO5.BrH/c1-31-25-8-3-18-13-24-22-15-27-26(34-17-35-27)14-19(22)9-10-30(24)16-23(18)28(25)33-12-2-11-32-21-6-4-20(29)5-7-21;/h3-8,13-16H,2,9-12,17H2,1H3;1H/q+1;/p-1. The molecule has 8 heteroatoms. The Labute approximate surface area is 228 Å². The van der Waals surface area contributed by atoms with Crippen LogP contribution in [0.15, 0.2) is 65.3 Å². The molecule has 0 atom stereocenters. The van der Waals surface area contributed by atoms with Gasteiger partial charge in [-0.05, 0) is 59.5 Å². The molecule has 0 saturated heterocycles. The average molecular weight is 615 g/mol. The number of ether oxygens (including phenoxy) is 5. The lowest BCUT2D eigenvalue weighted by molar-refractivity contribution is -0.686. The van der Waals surface area contributed by atoms with Crippen molar-refractivity contribution in [1.29, 1.82) is 0 Å². The molecule has 1 aromatic heterocycles. The first-order valence-corrected chi connectivity index (χ1v) is 12.5. The molecule has 3 heterocycles. The lowest BCUT2D eigenvalue weighted by atomic mass is 9.95. The predicted molar refractivity (Wildman–Crippen MR) is 136 cm³/mol. The summed E-state index contributed by atoms with van der Waals surface area (Å²) in [6, 6.07) is 18.3. The van der Waals surface area contributed by atoms with Gasteiger partial charge in [0.15, 0.2) is 35.7 Å². The summed E-state index contributed by atoms with van der Waals surface area (Å²) in [5.41, 5.74) is 3.63. The quantitative estimate of drug-likeness (QED) is 0.237. The van der Waals surface area contributed by atoms with Crippen molar-refractivity contribution in [2.24, 2.45) is 0 Å². The van der Waals surface area contributed by atoms with Crippen molar-refractivity contribution in [2.45, 2.75) is 19.4 Å². The fourth-order valence-electron chi connectivity index (χ4n) is 4.66. The molecule has 0 fully saturated rings. The van der Waals surface area contributed by atoms with Crippen molar-refractivity contribution in [3.63, 3.8) is 0 Å². The minimum absolute atomic E-state index is 0. The Hall–Kier alpha value is -2.97. The van der Waals surface area contributed by atoms with E-state index in [-0.39, 0.29) is 23.8 Å². The summed E-state index contributed by atoms with van der Waals surface area (Å²) in [5, 5.41) is 2.13. The molecule has 0 spiro atoms. The summed E-state index contributed by atoms with van der Waals surface area (Å²) in [7, 11) is 1.68. The second-order valence-electron chi connectivity index (χ2n) is 8.57. The van der Waals surface area contributed by atoms with Crippen LogP contribution in [0.5, 0.6) is 28.7 Å². The van der Waals surface area contributed by atoms with Gasteiger partial charge >= 0.3 is 0 Å². The Morgan fingerprint density at radius 2 is 1.72 bits per heavy atom. The van der Waals surface area contributed by atoms with E-state index in [1.54, 1.807) is 7.11 Å². The number of aryl methyl sites for hydroxylation is 2. The molecule has 0 radical (unpaired) electrons. The molecule has 2 aliphatic rings. The lowest BCUT2D eigenvalue weighted by Gasteiger charge is -2.18. The topological polar surface area (TPSA) is 50.0 Å². The van der Waals surface area contributed by atoms with E-state index >= 15 is 0 Å². The summed E-state index contributed by atoms with van der Waals surface area (Å²) in [6.07, 6.45) is 3.87. The van der Waals surface area contributed by atoms with Crippen LogP contribution in [-0.4, -0.2) is 27.1 Å². The predicted octanol–water partition coefficient (Wildman–Crippen LogP) is 2.70. The minimum Gasteiger partial charge on any atom is -1.00 e. The first-order valence-electron chi connectivity index (χ1n) is 11.7. The number of rotatable bonds is 7. The molecule has 6 nitrogen and oxygen atoms in total. The van der Waals surface area contributed by atoms with E-state index in [4.69, 9.17) is 23.7 Å². The zero-order valence-corrected chi connectivity index (χ0v) is 22.9.